The third kappa shape index (κ3) is 5.28. The van der Waals surface area contributed by atoms with Gasteiger partial charge in [-0.1, -0.05) is 51.8 Å². The van der Waals surface area contributed by atoms with Crippen molar-refractivity contribution in [2.75, 3.05) is 0 Å². The van der Waals surface area contributed by atoms with E-state index in [0.717, 1.165) is 10.0 Å². The number of hydrogen-bond acceptors (Lipinski definition) is 2. The van der Waals surface area contributed by atoms with Gasteiger partial charge in [0.05, 0.1) is 0 Å². The van der Waals surface area contributed by atoms with Crippen LogP contribution < -0.4 is 5.32 Å². The Morgan fingerprint density at radius 1 is 1.05 bits per heavy atom. The molecule has 0 aromatic heterocycles. The van der Waals surface area contributed by atoms with Crippen LogP contribution in [0.25, 0.3) is 0 Å². The molecule has 0 unspecified atom stereocenters. The Hall–Kier alpha value is -1.65. The summed E-state index contributed by atoms with van der Waals surface area (Å²) >= 11 is 9.20. The van der Waals surface area contributed by atoms with Crippen LogP contribution in [0.1, 0.15) is 28.8 Å². The fourth-order valence-electron chi connectivity index (χ4n) is 1.94. The van der Waals surface area contributed by atoms with Crippen LogP contribution in [0.4, 0.5) is 0 Å². The Morgan fingerprint density at radius 3 is 2.45 bits per heavy atom. The summed E-state index contributed by atoms with van der Waals surface area (Å²) in [5.74, 6) is -0.184. The lowest BCUT2D eigenvalue weighted by molar-refractivity contribution is -0.121. The zero-order valence-corrected chi connectivity index (χ0v) is 14.2. The van der Waals surface area contributed by atoms with Gasteiger partial charge in [-0.25, -0.2) is 0 Å². The molecule has 0 saturated carbocycles. The second-order valence-electron chi connectivity index (χ2n) is 4.84. The van der Waals surface area contributed by atoms with E-state index in [1.54, 1.807) is 24.3 Å². The molecule has 5 heteroatoms. The molecule has 0 spiro atoms. The summed E-state index contributed by atoms with van der Waals surface area (Å²) in [7, 11) is 0. The van der Waals surface area contributed by atoms with E-state index in [2.05, 4.69) is 21.2 Å². The average Bonchev–Trinajstić information content (AvgIpc) is 2.51. The minimum absolute atomic E-state index is 0.0367. The smallest absolute Gasteiger partial charge is 0.220 e. The number of ketones is 1. The molecule has 2 aromatic carbocycles. The Balaban J connectivity index is 1.78. The third-order valence-corrected chi connectivity index (χ3v) is 3.89. The van der Waals surface area contributed by atoms with Crippen molar-refractivity contribution in [3.8, 4) is 0 Å². The number of hydrogen-bond donors (Lipinski definition) is 1. The van der Waals surface area contributed by atoms with Crippen LogP contribution in [-0.4, -0.2) is 11.7 Å². The molecule has 0 heterocycles. The van der Waals surface area contributed by atoms with Crippen LogP contribution in [0.15, 0.2) is 53.0 Å². The molecule has 2 aromatic rings. The van der Waals surface area contributed by atoms with Crippen molar-refractivity contribution in [3.05, 3.63) is 69.2 Å². The molecule has 0 aliphatic carbocycles. The van der Waals surface area contributed by atoms with Crippen molar-refractivity contribution >= 4 is 39.2 Å². The Kier molecular flexibility index (Phi) is 6.16. The maximum Gasteiger partial charge on any atom is 0.220 e. The van der Waals surface area contributed by atoms with Gasteiger partial charge in [0.1, 0.15) is 0 Å². The average molecular weight is 381 g/mol. The summed E-state index contributed by atoms with van der Waals surface area (Å²) in [6, 6.07) is 14.4. The molecule has 0 radical (unpaired) electrons. The highest BCUT2D eigenvalue weighted by atomic mass is 79.9. The van der Waals surface area contributed by atoms with E-state index in [9.17, 15) is 9.59 Å². The zero-order chi connectivity index (χ0) is 15.9. The molecule has 0 aliphatic rings. The van der Waals surface area contributed by atoms with E-state index in [0.29, 0.717) is 17.1 Å². The highest BCUT2D eigenvalue weighted by molar-refractivity contribution is 9.10. The number of rotatable bonds is 6. The van der Waals surface area contributed by atoms with Gasteiger partial charge in [0.15, 0.2) is 5.78 Å². The second kappa shape index (κ2) is 8.11. The topological polar surface area (TPSA) is 46.2 Å². The highest BCUT2D eigenvalue weighted by Gasteiger charge is 2.09. The molecule has 1 N–H and O–H groups in total. The van der Waals surface area contributed by atoms with Crippen molar-refractivity contribution in [3.63, 3.8) is 0 Å². The first kappa shape index (κ1) is 16.7. The first-order valence-corrected chi connectivity index (χ1v) is 8.01. The maximum absolute atomic E-state index is 12.0. The summed E-state index contributed by atoms with van der Waals surface area (Å²) in [6.45, 7) is 0.409. The fourth-order valence-corrected chi connectivity index (χ4v) is 2.42. The number of Topliss-reactive ketones (excluding diaryl/α,β-unsaturated/α-hetero) is 1. The highest BCUT2D eigenvalue weighted by Crippen LogP contribution is 2.13. The van der Waals surface area contributed by atoms with Crippen molar-refractivity contribution in [1.82, 2.24) is 5.32 Å². The van der Waals surface area contributed by atoms with E-state index in [1.165, 1.54) is 0 Å². The molecule has 114 valence electrons. The van der Waals surface area contributed by atoms with Crippen LogP contribution in [0, 0.1) is 0 Å². The molecule has 0 aliphatic heterocycles. The SMILES string of the molecule is O=C(CCC(=O)c1ccc(Br)cc1)NCc1cccc(Cl)c1. The number of carbonyl (C=O) groups is 2. The van der Waals surface area contributed by atoms with E-state index < -0.39 is 0 Å². The molecular weight excluding hydrogens is 366 g/mol. The van der Waals surface area contributed by atoms with Gasteiger partial charge in [-0.05, 0) is 29.8 Å². The minimum atomic E-state index is -0.148. The molecule has 0 fully saturated rings. The van der Waals surface area contributed by atoms with Crippen molar-refractivity contribution in [1.29, 1.82) is 0 Å². The summed E-state index contributed by atoms with van der Waals surface area (Å²) in [6.07, 6.45) is 0.373. The van der Waals surface area contributed by atoms with E-state index >= 15 is 0 Å². The van der Waals surface area contributed by atoms with Crippen molar-refractivity contribution in [2.24, 2.45) is 0 Å². The molecule has 22 heavy (non-hydrogen) atoms. The number of nitrogens with one attached hydrogen (secondary N) is 1. The van der Waals surface area contributed by atoms with Gasteiger partial charge in [-0.2, -0.15) is 0 Å². The van der Waals surface area contributed by atoms with Gasteiger partial charge in [0, 0.05) is 34.4 Å². The normalized spacial score (nSPS) is 10.3. The molecular formula is C17H15BrClNO2. The summed E-state index contributed by atoms with van der Waals surface area (Å²) in [5, 5.41) is 3.42. The van der Waals surface area contributed by atoms with Crippen LogP contribution in [-0.2, 0) is 11.3 Å². The van der Waals surface area contributed by atoms with Crippen LogP contribution in [0.3, 0.4) is 0 Å². The monoisotopic (exact) mass is 379 g/mol. The van der Waals surface area contributed by atoms with Gasteiger partial charge in [0.2, 0.25) is 5.91 Å². The lowest BCUT2D eigenvalue weighted by Gasteiger charge is -2.06. The van der Waals surface area contributed by atoms with Crippen LogP contribution in [0.5, 0.6) is 0 Å². The van der Waals surface area contributed by atoms with Crippen molar-refractivity contribution < 1.29 is 9.59 Å². The molecule has 0 bridgehead atoms. The number of amides is 1. The van der Waals surface area contributed by atoms with Crippen LogP contribution >= 0.6 is 27.5 Å². The molecule has 0 atom stereocenters. The molecule has 0 saturated heterocycles. The predicted octanol–water partition coefficient (Wildman–Crippen LogP) is 4.38. The van der Waals surface area contributed by atoms with Gasteiger partial charge in [0.25, 0.3) is 0 Å². The Bertz CT molecular complexity index is 671. The molecule has 2 rings (SSSR count). The van der Waals surface area contributed by atoms with Gasteiger partial charge in [-0.15, -0.1) is 0 Å². The number of halogens is 2. The van der Waals surface area contributed by atoms with Gasteiger partial charge >= 0.3 is 0 Å². The maximum atomic E-state index is 12.0. The van der Waals surface area contributed by atoms with E-state index in [1.807, 2.05) is 24.3 Å². The summed E-state index contributed by atoms with van der Waals surface area (Å²) in [5.41, 5.74) is 1.55. The zero-order valence-electron chi connectivity index (χ0n) is 11.8. The van der Waals surface area contributed by atoms with Gasteiger partial charge in [-0.3, -0.25) is 9.59 Å². The van der Waals surface area contributed by atoms with Crippen molar-refractivity contribution in [2.45, 2.75) is 19.4 Å². The lowest BCUT2D eigenvalue weighted by atomic mass is 10.1. The first-order chi connectivity index (χ1) is 10.5. The van der Waals surface area contributed by atoms with Crippen LogP contribution in [0.2, 0.25) is 5.02 Å². The van der Waals surface area contributed by atoms with E-state index in [-0.39, 0.29) is 24.5 Å². The number of carbonyl (C=O) groups excluding carboxylic acids is 2. The minimum Gasteiger partial charge on any atom is -0.352 e. The third-order valence-electron chi connectivity index (χ3n) is 3.12. The predicted molar refractivity (Wildman–Crippen MR) is 91.0 cm³/mol. The van der Waals surface area contributed by atoms with Gasteiger partial charge < -0.3 is 5.32 Å². The largest absolute Gasteiger partial charge is 0.352 e. The lowest BCUT2D eigenvalue weighted by Crippen LogP contribution is -2.23. The fraction of sp³-hybridized carbons (Fsp3) is 0.176. The Labute approximate surface area is 142 Å². The summed E-state index contributed by atoms with van der Waals surface area (Å²) < 4.78 is 0.920. The first-order valence-electron chi connectivity index (χ1n) is 6.84. The molecule has 1 amide bonds. The number of benzene rings is 2. The summed E-state index contributed by atoms with van der Waals surface area (Å²) in [4.78, 5) is 23.8. The Morgan fingerprint density at radius 2 is 1.77 bits per heavy atom. The van der Waals surface area contributed by atoms with E-state index in [4.69, 9.17) is 11.6 Å². The second-order valence-corrected chi connectivity index (χ2v) is 6.19. The standard InChI is InChI=1S/C17H15BrClNO2/c18-14-6-4-13(5-7-14)16(21)8-9-17(22)20-11-12-2-1-3-15(19)10-12/h1-7,10H,8-9,11H2,(H,20,22). The quantitative estimate of drug-likeness (QED) is 0.756. The molecule has 3 nitrogen and oxygen atoms in total.